The van der Waals surface area contributed by atoms with Crippen molar-refractivity contribution in [2.75, 3.05) is 23.4 Å². The third-order valence-electron chi connectivity index (χ3n) is 3.23. The third kappa shape index (κ3) is 2.48. The molecule has 98 valence electrons. The van der Waals surface area contributed by atoms with Crippen LogP contribution in [0.5, 0.6) is 0 Å². The van der Waals surface area contributed by atoms with Crippen LogP contribution in [0.25, 0.3) is 0 Å². The van der Waals surface area contributed by atoms with Crippen molar-refractivity contribution in [1.82, 2.24) is 0 Å². The molecule has 0 atom stereocenters. The first-order chi connectivity index (χ1) is 8.43. The van der Waals surface area contributed by atoms with Crippen LogP contribution in [0.3, 0.4) is 0 Å². The van der Waals surface area contributed by atoms with Gasteiger partial charge in [-0.05, 0) is 44.0 Å². The summed E-state index contributed by atoms with van der Waals surface area (Å²) in [6.45, 7) is 6.32. The molecule has 0 bridgehead atoms. The molecule has 1 aliphatic heterocycles. The Bertz CT molecular complexity index is 469. The molecule has 1 aromatic carbocycles. The zero-order valence-electron chi connectivity index (χ0n) is 11.2. The number of hydrogen-bond acceptors (Lipinski definition) is 3. The highest BCUT2D eigenvalue weighted by atomic mass is 16.3. The van der Waals surface area contributed by atoms with E-state index in [-0.39, 0.29) is 18.1 Å². The predicted molar refractivity (Wildman–Crippen MR) is 73.0 cm³/mol. The number of aliphatic hydroxyl groups excluding tert-OH is 1. The highest BCUT2D eigenvalue weighted by Crippen LogP contribution is 2.31. The minimum atomic E-state index is -0.340. The Morgan fingerprint density at radius 2 is 2.22 bits per heavy atom. The summed E-state index contributed by atoms with van der Waals surface area (Å²) < 4.78 is 0. The van der Waals surface area contributed by atoms with Gasteiger partial charge in [-0.3, -0.25) is 4.79 Å². The summed E-state index contributed by atoms with van der Waals surface area (Å²) in [6.07, 6.45) is 0.893. The van der Waals surface area contributed by atoms with Gasteiger partial charge < -0.3 is 15.3 Å². The molecule has 1 heterocycles. The number of aliphatic hydroxyl groups is 1. The van der Waals surface area contributed by atoms with Crippen LogP contribution in [0.4, 0.5) is 11.4 Å². The van der Waals surface area contributed by atoms with E-state index in [9.17, 15) is 9.90 Å². The number of amides is 1. The maximum atomic E-state index is 11.4. The predicted octanol–water partition coefficient (Wildman–Crippen LogP) is 1.78. The van der Waals surface area contributed by atoms with Gasteiger partial charge in [-0.1, -0.05) is 0 Å². The van der Waals surface area contributed by atoms with Gasteiger partial charge >= 0.3 is 0 Å². The third-order valence-corrected chi connectivity index (χ3v) is 3.23. The van der Waals surface area contributed by atoms with Crippen LogP contribution in [0.2, 0.25) is 0 Å². The van der Waals surface area contributed by atoms with E-state index in [0.717, 1.165) is 24.3 Å². The topological polar surface area (TPSA) is 52.6 Å². The molecule has 0 radical (unpaired) electrons. The van der Waals surface area contributed by atoms with Gasteiger partial charge in [-0.2, -0.15) is 0 Å². The number of fused-ring (bicyclic) bond motifs is 1. The van der Waals surface area contributed by atoms with Crippen LogP contribution in [-0.2, 0) is 11.2 Å². The molecule has 2 N–H and O–H groups in total. The molecule has 0 unspecified atom stereocenters. The second-order valence-electron chi connectivity index (χ2n) is 5.43. The molecule has 4 nitrogen and oxygen atoms in total. The SMILES string of the molecule is CC(=O)N1CCc2cc(NC(C)(C)CO)ccc21. The van der Waals surface area contributed by atoms with E-state index in [0.29, 0.717) is 0 Å². The normalized spacial score (nSPS) is 14.6. The van der Waals surface area contributed by atoms with Gasteiger partial charge in [-0.15, -0.1) is 0 Å². The quantitative estimate of drug-likeness (QED) is 0.857. The van der Waals surface area contributed by atoms with E-state index in [1.807, 2.05) is 26.0 Å². The Labute approximate surface area is 108 Å². The summed E-state index contributed by atoms with van der Waals surface area (Å²) in [7, 11) is 0. The summed E-state index contributed by atoms with van der Waals surface area (Å²) in [5, 5.41) is 12.5. The second-order valence-corrected chi connectivity index (χ2v) is 5.43. The smallest absolute Gasteiger partial charge is 0.223 e. The Kier molecular flexibility index (Phi) is 3.30. The number of carbonyl (C=O) groups excluding carboxylic acids is 1. The van der Waals surface area contributed by atoms with Gasteiger partial charge in [0.1, 0.15) is 0 Å². The van der Waals surface area contributed by atoms with Gasteiger partial charge in [0.2, 0.25) is 5.91 Å². The first kappa shape index (κ1) is 12.9. The van der Waals surface area contributed by atoms with Crippen LogP contribution < -0.4 is 10.2 Å². The maximum absolute atomic E-state index is 11.4. The van der Waals surface area contributed by atoms with E-state index >= 15 is 0 Å². The molecule has 0 saturated heterocycles. The number of anilines is 2. The molecular weight excluding hydrogens is 228 g/mol. The van der Waals surface area contributed by atoms with Gasteiger partial charge in [0.15, 0.2) is 0 Å². The number of rotatable bonds is 3. The highest BCUT2D eigenvalue weighted by molar-refractivity contribution is 5.94. The van der Waals surface area contributed by atoms with E-state index < -0.39 is 0 Å². The molecule has 0 fully saturated rings. The Balaban J connectivity index is 2.22. The Morgan fingerprint density at radius 1 is 1.50 bits per heavy atom. The second kappa shape index (κ2) is 4.61. The summed E-state index contributed by atoms with van der Waals surface area (Å²) in [5.41, 5.74) is 2.84. The molecule has 0 saturated carbocycles. The molecule has 4 heteroatoms. The van der Waals surface area contributed by atoms with Crippen molar-refractivity contribution in [1.29, 1.82) is 0 Å². The van der Waals surface area contributed by atoms with E-state index in [1.165, 1.54) is 5.56 Å². The largest absolute Gasteiger partial charge is 0.394 e. The first-order valence-electron chi connectivity index (χ1n) is 6.23. The lowest BCUT2D eigenvalue weighted by atomic mass is 10.1. The number of benzene rings is 1. The fraction of sp³-hybridized carbons (Fsp3) is 0.500. The molecule has 1 aromatic rings. The maximum Gasteiger partial charge on any atom is 0.223 e. The van der Waals surface area contributed by atoms with Gasteiger partial charge in [-0.25, -0.2) is 0 Å². The number of nitrogens with one attached hydrogen (secondary N) is 1. The van der Waals surface area contributed by atoms with E-state index in [1.54, 1.807) is 11.8 Å². The van der Waals surface area contributed by atoms with Crippen LogP contribution in [-0.4, -0.2) is 29.7 Å². The lowest BCUT2D eigenvalue weighted by Gasteiger charge is -2.25. The zero-order valence-corrected chi connectivity index (χ0v) is 11.2. The van der Waals surface area contributed by atoms with Crippen molar-refractivity contribution in [3.8, 4) is 0 Å². The van der Waals surface area contributed by atoms with Crippen molar-refractivity contribution >= 4 is 17.3 Å². The van der Waals surface area contributed by atoms with E-state index in [4.69, 9.17) is 0 Å². The minimum absolute atomic E-state index is 0.0731. The summed E-state index contributed by atoms with van der Waals surface area (Å²) >= 11 is 0. The van der Waals surface area contributed by atoms with Crippen LogP contribution in [0.15, 0.2) is 18.2 Å². The highest BCUT2D eigenvalue weighted by Gasteiger charge is 2.23. The Hall–Kier alpha value is -1.55. The van der Waals surface area contributed by atoms with Gasteiger partial charge in [0, 0.05) is 24.8 Å². The standard InChI is InChI=1S/C14H20N2O2/c1-10(18)16-7-6-11-8-12(4-5-13(11)16)15-14(2,3)9-17/h4-5,8,15,17H,6-7,9H2,1-3H3. The number of nitrogens with zero attached hydrogens (tertiary/aromatic N) is 1. The molecule has 0 aromatic heterocycles. The summed E-state index contributed by atoms with van der Waals surface area (Å²) in [4.78, 5) is 13.2. The van der Waals surface area contributed by atoms with Crippen LogP contribution in [0, 0.1) is 0 Å². The van der Waals surface area contributed by atoms with Crippen molar-refractivity contribution in [3.63, 3.8) is 0 Å². The summed E-state index contributed by atoms with van der Waals surface area (Å²) in [5.74, 6) is 0.0881. The molecule has 1 aliphatic rings. The van der Waals surface area contributed by atoms with Gasteiger partial charge in [0.25, 0.3) is 0 Å². The number of hydrogen-bond donors (Lipinski definition) is 2. The molecular formula is C14H20N2O2. The van der Waals surface area contributed by atoms with Gasteiger partial charge in [0.05, 0.1) is 12.1 Å². The lowest BCUT2D eigenvalue weighted by molar-refractivity contribution is -0.116. The lowest BCUT2D eigenvalue weighted by Crippen LogP contribution is -2.34. The van der Waals surface area contributed by atoms with Crippen molar-refractivity contribution < 1.29 is 9.90 Å². The zero-order chi connectivity index (χ0) is 13.3. The van der Waals surface area contributed by atoms with Crippen LogP contribution in [0.1, 0.15) is 26.3 Å². The molecule has 2 rings (SSSR count). The fourth-order valence-electron chi connectivity index (χ4n) is 2.24. The van der Waals surface area contributed by atoms with Crippen molar-refractivity contribution in [2.45, 2.75) is 32.7 Å². The molecule has 1 amide bonds. The minimum Gasteiger partial charge on any atom is -0.394 e. The first-order valence-corrected chi connectivity index (χ1v) is 6.23. The van der Waals surface area contributed by atoms with Crippen molar-refractivity contribution in [2.24, 2.45) is 0 Å². The monoisotopic (exact) mass is 248 g/mol. The average molecular weight is 248 g/mol. The van der Waals surface area contributed by atoms with Crippen LogP contribution >= 0.6 is 0 Å². The average Bonchev–Trinajstić information content (AvgIpc) is 2.71. The van der Waals surface area contributed by atoms with Crippen molar-refractivity contribution in [3.05, 3.63) is 23.8 Å². The Morgan fingerprint density at radius 3 is 2.83 bits per heavy atom. The molecule has 0 spiro atoms. The number of carbonyl (C=O) groups is 1. The summed E-state index contributed by atoms with van der Waals surface area (Å²) in [6, 6.07) is 5.99. The fourth-order valence-corrected chi connectivity index (χ4v) is 2.24. The molecule has 0 aliphatic carbocycles. The van der Waals surface area contributed by atoms with E-state index in [2.05, 4.69) is 11.4 Å². The molecule has 18 heavy (non-hydrogen) atoms.